The molecule has 11 amide bonds. The van der Waals surface area contributed by atoms with E-state index in [0.29, 0.717) is 102 Å². The average Bonchev–Trinajstić information content (AvgIpc) is 1.57. The van der Waals surface area contributed by atoms with Crippen molar-refractivity contribution in [1.29, 1.82) is 0 Å². The zero-order valence-corrected chi connectivity index (χ0v) is 64.7. The third-order valence-electron chi connectivity index (χ3n) is 25.0. The number of hydroxylamine groups is 2. The van der Waals surface area contributed by atoms with E-state index in [4.69, 9.17) is 24.7 Å². The van der Waals surface area contributed by atoms with Crippen LogP contribution in [0.4, 0.5) is 28.0 Å². The number of amides is 11. The number of rotatable bonds is 12. The van der Waals surface area contributed by atoms with E-state index in [1.54, 1.807) is 24.3 Å². The molecule has 114 heavy (non-hydrogen) atoms. The Bertz CT molecular complexity index is 4490. The molecule has 0 spiro atoms. The van der Waals surface area contributed by atoms with Gasteiger partial charge in [0.2, 0.25) is 43.7 Å². The molecule has 7 heterocycles. The monoisotopic (exact) mass is 1630 g/mol. The molecule has 7 N–H and O–H groups in total. The maximum Gasteiger partial charge on any atom is 0.534 e. The fourth-order valence-electron chi connectivity index (χ4n) is 17.8. The Labute approximate surface area is 657 Å². The van der Waals surface area contributed by atoms with Crippen LogP contribution in [0.1, 0.15) is 189 Å². The molecule has 2 aromatic rings. The molecular formula is C78H97F2N11O21S2. The summed E-state index contributed by atoms with van der Waals surface area (Å²) < 4.78 is 106. The number of hydrogen-bond donors (Lipinski definition) is 6. The number of imide groups is 1. The first-order chi connectivity index (χ1) is 54.5. The van der Waals surface area contributed by atoms with Crippen molar-refractivity contribution in [3.63, 3.8) is 0 Å². The molecule has 15 aliphatic rings. The molecule has 8 aliphatic carbocycles. The highest BCUT2D eigenvalue weighted by Crippen LogP contribution is 2.54. The first kappa shape index (κ1) is 79.9. The number of nitrogens with one attached hydrogen (secondary N) is 5. The van der Waals surface area contributed by atoms with Gasteiger partial charge >= 0.3 is 24.4 Å². The molecule has 11 fully saturated rings. The van der Waals surface area contributed by atoms with E-state index in [1.165, 1.54) is 38.2 Å². The Balaban J connectivity index is 0.000000150. The molecule has 616 valence electrons. The summed E-state index contributed by atoms with van der Waals surface area (Å²) in [4.78, 5) is 166. The number of carbonyl (C=O) groups excluding carboxylic acids is 12. The van der Waals surface area contributed by atoms with Crippen molar-refractivity contribution in [1.82, 2.24) is 50.1 Å². The number of allylic oxidation sites excluding steroid dienone is 2. The predicted octanol–water partition coefficient (Wildman–Crippen LogP) is 5.72. The number of sulfonamides is 2. The van der Waals surface area contributed by atoms with Gasteiger partial charge in [-0.25, -0.2) is 44.8 Å². The smallest absolute Gasteiger partial charge is 0.446 e. The van der Waals surface area contributed by atoms with Gasteiger partial charge in [0.05, 0.1) is 42.7 Å². The number of carbonyl (C=O) groups is 12. The van der Waals surface area contributed by atoms with Gasteiger partial charge in [-0.2, -0.15) is 0 Å². The molecule has 3 saturated heterocycles. The SMILES string of the molecule is N[C@H]1CCCCC/C=C\[C@@H]2C[C@@]2(C(=O)NS(=O)(=O)C2CC2)NC(=O)[C@@H]2C[C@@H](OC(=O)N3Cc4cccc(F)c4C3)CN2C1=O.O=C(N[C@H]1CCCCC/C=C\[C@@H]2C[C@@]2(C(=O)NS(=O)(=O)C2CC2)NC(=O)[C@@H]2C[C@@H](OC(=O)N3Cc4cccc(F)c4C3)CN2C1=O)OC1C[C@@H]2C[C@@H]2C1.O=C(OC1C[C@@H]2C[C@@H]2C1)ON1C(=O)CCC1=O. The van der Waals surface area contributed by atoms with Crippen LogP contribution in [0.15, 0.2) is 60.7 Å². The minimum Gasteiger partial charge on any atom is -0.446 e. The minimum absolute atomic E-state index is 0.00696. The van der Waals surface area contributed by atoms with E-state index in [1.807, 2.05) is 24.3 Å². The highest BCUT2D eigenvalue weighted by atomic mass is 32.2. The first-order valence-corrected chi connectivity index (χ1v) is 43.2. The largest absolute Gasteiger partial charge is 0.534 e. The summed E-state index contributed by atoms with van der Waals surface area (Å²) in [7, 11) is -7.77. The Hall–Kier alpha value is -9.32. The molecule has 16 atom stereocenters. The Kier molecular flexibility index (Phi) is 22.7. The van der Waals surface area contributed by atoms with Crippen LogP contribution in [-0.2, 0) is 108 Å². The lowest BCUT2D eigenvalue weighted by molar-refractivity contribution is -0.178. The third kappa shape index (κ3) is 17.9. The van der Waals surface area contributed by atoms with E-state index < -0.39 is 173 Å². The molecule has 32 nitrogen and oxygen atoms in total. The molecule has 2 unspecified atom stereocenters. The van der Waals surface area contributed by atoms with E-state index in [-0.39, 0.29) is 96.4 Å². The van der Waals surface area contributed by atoms with E-state index in [2.05, 4.69) is 30.2 Å². The normalized spacial score (nSPS) is 33.3. The van der Waals surface area contributed by atoms with Gasteiger partial charge in [0, 0.05) is 61.7 Å². The van der Waals surface area contributed by atoms with Crippen LogP contribution in [0, 0.1) is 47.1 Å². The standard InChI is InChI=1S/C37H46FN5O9S.C30H38FN5O7S.C11H13NO5/c38-29-9-6-7-21-18-42(20-28(21)29)36(48)52-26-16-31-32(44)40-37(34(46)41-53(49,50)27-11-12-27)17-24(37)8-4-2-1-3-5-10-30(33(45)43(31)19-26)39-35(47)51-25-14-22-13-23(22)15-25;31-23-9-6-7-18-15-35(17-22(18)23)29(40)43-20-13-25-26(37)33-30(28(39)34-44(41,42)21-11-12-21)14-19(30)8-4-2-1-3-5-10-24(32)27(38)36(25)16-20;13-9-1-2-10(14)12(9)17-11(15)16-8-4-6-3-7(6)5-8/h4,6-9,22-27,30-31H,1-3,5,10-20H2,(H,39,47)(H,40,44)(H,41,46);4,6-9,19-21,24-25H,1-3,5,10-17,32H2,(H,33,37)(H,34,39);6-8H,1-5H2/b2*8-4-;/t22-,23+,24-,25?,26-,30+,31+,37-;19-,20-,24+,25+,30-;6-,7+,8?/m11./s1. The second-order valence-electron chi connectivity index (χ2n) is 33.4. The van der Waals surface area contributed by atoms with Crippen LogP contribution in [0.3, 0.4) is 0 Å². The van der Waals surface area contributed by atoms with E-state index in [9.17, 15) is 83.2 Å². The Morgan fingerprint density at radius 2 is 0.956 bits per heavy atom. The number of alkyl carbamates (subject to hydrolysis) is 1. The van der Waals surface area contributed by atoms with Gasteiger partial charge in [-0.15, -0.1) is 0 Å². The molecule has 17 rings (SSSR count). The number of benzene rings is 2. The second kappa shape index (κ2) is 32.4. The molecule has 7 aliphatic heterocycles. The minimum atomic E-state index is -3.92. The fourth-order valence-corrected chi connectivity index (χ4v) is 20.5. The van der Waals surface area contributed by atoms with Gasteiger partial charge in [-0.05, 0) is 163 Å². The highest BCUT2D eigenvalue weighted by Gasteiger charge is 2.64. The summed E-state index contributed by atoms with van der Waals surface area (Å²) in [6, 6.07) is 5.06. The van der Waals surface area contributed by atoms with Gasteiger partial charge in [0.25, 0.3) is 23.6 Å². The van der Waals surface area contributed by atoms with E-state index in [0.717, 1.165) is 64.2 Å². The summed E-state index contributed by atoms with van der Waals surface area (Å²) in [5.74, 6) is -4.11. The number of fused-ring (bicyclic) bond motifs is 8. The van der Waals surface area contributed by atoms with Crippen LogP contribution in [0.25, 0.3) is 0 Å². The zero-order valence-electron chi connectivity index (χ0n) is 63.1. The molecular weight excluding hydrogens is 1530 g/mol. The summed E-state index contributed by atoms with van der Waals surface area (Å²) in [5, 5.41) is 7.59. The molecule has 36 heteroatoms. The fraction of sp³-hybridized carbons (Fsp3) is 0.641. The van der Waals surface area contributed by atoms with Crippen molar-refractivity contribution >= 4 is 91.7 Å². The quantitative estimate of drug-likeness (QED) is 0.0640. The number of halogens is 2. The van der Waals surface area contributed by atoms with Crippen LogP contribution >= 0.6 is 0 Å². The lowest BCUT2D eigenvalue weighted by Gasteiger charge is -2.30. The zero-order chi connectivity index (χ0) is 80.3. The van der Waals surface area contributed by atoms with Crippen molar-refractivity contribution in [3.05, 3.63) is 94.6 Å². The number of nitrogens with two attached hydrogens (primary N) is 1. The van der Waals surface area contributed by atoms with Gasteiger partial charge in [-0.3, -0.25) is 62.4 Å². The number of nitrogens with zero attached hydrogens (tertiary/aromatic N) is 5. The Morgan fingerprint density at radius 3 is 1.41 bits per heavy atom. The highest BCUT2D eigenvalue weighted by molar-refractivity contribution is 7.91. The lowest BCUT2D eigenvalue weighted by atomic mass is 10.0. The van der Waals surface area contributed by atoms with Gasteiger partial charge in [-0.1, -0.05) is 79.3 Å². The topological polar surface area (TPSA) is 422 Å². The van der Waals surface area contributed by atoms with Crippen LogP contribution in [0.5, 0.6) is 0 Å². The lowest BCUT2D eigenvalue weighted by Crippen LogP contribution is -2.58. The second-order valence-corrected chi connectivity index (χ2v) is 37.4. The molecule has 2 aromatic carbocycles. The Morgan fingerprint density at radius 1 is 0.509 bits per heavy atom. The maximum absolute atomic E-state index is 14.4. The van der Waals surface area contributed by atoms with E-state index >= 15 is 0 Å². The van der Waals surface area contributed by atoms with Crippen molar-refractivity contribution in [2.75, 3.05) is 13.1 Å². The maximum atomic E-state index is 14.4. The number of hydrogen-bond acceptors (Lipinski definition) is 22. The first-order valence-electron chi connectivity index (χ1n) is 40.1. The van der Waals surface area contributed by atoms with Gasteiger partial charge < -0.3 is 50.4 Å². The van der Waals surface area contributed by atoms with Crippen LogP contribution in [-0.4, -0.2) is 196 Å². The number of ether oxygens (including phenoxy) is 4. The summed E-state index contributed by atoms with van der Waals surface area (Å²) in [6.07, 6.45) is 17.0. The molecule has 8 saturated carbocycles. The van der Waals surface area contributed by atoms with Crippen molar-refractivity contribution < 1.29 is 107 Å². The van der Waals surface area contributed by atoms with Crippen LogP contribution < -0.4 is 31.1 Å². The van der Waals surface area contributed by atoms with Gasteiger partial charge in [0.1, 0.15) is 65.3 Å². The van der Waals surface area contributed by atoms with Crippen molar-refractivity contribution in [3.8, 4) is 0 Å². The average molecular weight is 1630 g/mol. The van der Waals surface area contributed by atoms with Crippen LogP contribution in [0.2, 0.25) is 0 Å². The van der Waals surface area contributed by atoms with Crippen molar-refractivity contribution in [2.24, 2.45) is 41.2 Å². The molecule has 0 aromatic heterocycles. The summed E-state index contributed by atoms with van der Waals surface area (Å²) in [5.41, 5.74) is 5.40. The molecule has 0 bridgehead atoms. The summed E-state index contributed by atoms with van der Waals surface area (Å²) >= 11 is 0. The molecule has 0 radical (unpaired) electrons. The van der Waals surface area contributed by atoms with Crippen molar-refractivity contribution in [2.45, 2.75) is 263 Å². The third-order valence-corrected chi connectivity index (χ3v) is 28.7. The van der Waals surface area contributed by atoms with Gasteiger partial charge in [0.15, 0.2) is 0 Å². The predicted molar refractivity (Wildman–Crippen MR) is 394 cm³/mol. The summed E-state index contributed by atoms with van der Waals surface area (Å²) in [6.45, 7) is 0.110.